The molecule has 54 heavy (non-hydrogen) atoms. The van der Waals surface area contributed by atoms with E-state index in [4.69, 9.17) is 23.4 Å². The van der Waals surface area contributed by atoms with Crippen molar-refractivity contribution in [2.75, 3.05) is 20.3 Å². The number of ether oxygens (including phenoxy) is 4. The van der Waals surface area contributed by atoms with Gasteiger partial charge >= 0.3 is 11.9 Å². The summed E-state index contributed by atoms with van der Waals surface area (Å²) in [4.78, 5) is 39.4. The fourth-order valence-corrected chi connectivity index (χ4v) is 5.93. The van der Waals surface area contributed by atoms with Crippen LogP contribution in [0.1, 0.15) is 44.4 Å². The summed E-state index contributed by atoms with van der Waals surface area (Å²) < 4.78 is 29.1. The number of hydrogen-bond acceptors (Lipinski definition) is 16. The molecule has 17 heteroatoms. The van der Waals surface area contributed by atoms with E-state index in [0.717, 1.165) is 11.6 Å². The van der Waals surface area contributed by atoms with Crippen LogP contribution in [0.4, 0.5) is 0 Å². The molecular weight excluding hydrogens is 710 g/mol. The summed E-state index contributed by atoms with van der Waals surface area (Å²) in [7, 11) is 1.48. The molecule has 5 atom stereocenters. The van der Waals surface area contributed by atoms with E-state index >= 15 is 0 Å². The molecule has 0 radical (unpaired) electrons. The van der Waals surface area contributed by atoms with Crippen LogP contribution >= 0.6 is 0 Å². The average molecular weight is 754 g/mol. The minimum absolute atomic E-state index is 0.0578. The summed E-state index contributed by atoms with van der Waals surface area (Å²) in [5.41, 5.74) is 0.828. The van der Waals surface area contributed by atoms with Gasteiger partial charge in [0.1, 0.15) is 52.7 Å². The first-order chi connectivity index (χ1) is 25.8. The summed E-state index contributed by atoms with van der Waals surface area (Å²) in [6.07, 6.45) is -2.13. The number of aromatic nitrogens is 3. The normalized spacial score (nSPS) is 19.7. The van der Waals surface area contributed by atoms with Gasteiger partial charge < -0.3 is 54.0 Å². The number of aliphatic hydroxyl groups is 4. The van der Waals surface area contributed by atoms with Crippen LogP contribution in [0.3, 0.4) is 0 Å². The first-order valence-electron chi connectivity index (χ1n) is 17.2. The number of benzene rings is 2. The lowest BCUT2D eigenvalue weighted by molar-refractivity contribution is -0.178. The number of phenols is 2. The van der Waals surface area contributed by atoms with E-state index in [9.17, 15) is 45.0 Å². The Balaban J connectivity index is 1.21. The molecular formula is C37H43N3O14. The Morgan fingerprint density at radius 1 is 1.02 bits per heavy atom. The zero-order valence-corrected chi connectivity index (χ0v) is 29.9. The molecule has 0 amide bonds. The smallest absolute Gasteiger partial charge is 0.312 e. The number of fused-ring (bicyclic) bond motifs is 1. The van der Waals surface area contributed by atoms with Gasteiger partial charge in [-0.15, -0.1) is 5.10 Å². The first-order valence-corrected chi connectivity index (χ1v) is 17.2. The van der Waals surface area contributed by atoms with Crippen LogP contribution in [0, 0.1) is 5.92 Å². The number of rotatable bonds is 15. The van der Waals surface area contributed by atoms with Gasteiger partial charge in [0.15, 0.2) is 5.76 Å². The third-order valence-electron chi connectivity index (χ3n) is 8.95. The molecule has 1 fully saturated rings. The van der Waals surface area contributed by atoms with Gasteiger partial charge in [0.2, 0.25) is 11.2 Å². The van der Waals surface area contributed by atoms with E-state index in [2.05, 4.69) is 10.3 Å². The van der Waals surface area contributed by atoms with Crippen molar-refractivity contribution in [1.29, 1.82) is 0 Å². The highest BCUT2D eigenvalue weighted by molar-refractivity contribution is 5.92. The van der Waals surface area contributed by atoms with Crippen LogP contribution in [0.15, 0.2) is 57.4 Å². The Hall–Kier alpha value is -5.33. The van der Waals surface area contributed by atoms with E-state index in [1.807, 2.05) is 19.9 Å². The molecule has 0 unspecified atom stereocenters. The summed E-state index contributed by atoms with van der Waals surface area (Å²) in [5, 5.41) is 68.5. The van der Waals surface area contributed by atoms with Crippen molar-refractivity contribution in [2.24, 2.45) is 5.92 Å². The largest absolute Gasteiger partial charge is 0.507 e. The zero-order chi connectivity index (χ0) is 39.1. The molecule has 1 aliphatic rings. The molecule has 1 saturated carbocycles. The van der Waals surface area contributed by atoms with Crippen molar-refractivity contribution in [2.45, 2.75) is 77.1 Å². The molecule has 4 aromatic rings. The van der Waals surface area contributed by atoms with Gasteiger partial charge in [-0.25, -0.2) is 4.68 Å². The maximum Gasteiger partial charge on any atom is 0.312 e. The van der Waals surface area contributed by atoms with Gasteiger partial charge in [-0.2, -0.15) is 0 Å². The van der Waals surface area contributed by atoms with Gasteiger partial charge in [0, 0.05) is 29.7 Å². The zero-order valence-electron chi connectivity index (χ0n) is 29.9. The van der Waals surface area contributed by atoms with Crippen LogP contribution in [0.5, 0.6) is 23.0 Å². The molecule has 290 valence electrons. The Labute approximate surface area is 308 Å². The summed E-state index contributed by atoms with van der Waals surface area (Å²) in [6, 6.07) is 7.37. The van der Waals surface area contributed by atoms with E-state index in [0.29, 0.717) is 11.3 Å². The minimum atomic E-state index is -1.46. The monoisotopic (exact) mass is 753 g/mol. The highest BCUT2D eigenvalue weighted by Crippen LogP contribution is 2.39. The maximum absolute atomic E-state index is 13.8. The summed E-state index contributed by atoms with van der Waals surface area (Å²) >= 11 is 0. The fraction of sp³-hybridized carbons (Fsp3) is 0.432. The molecule has 5 rings (SSSR count). The van der Waals surface area contributed by atoms with Gasteiger partial charge in [-0.05, 0) is 51.0 Å². The van der Waals surface area contributed by atoms with Gasteiger partial charge in [0.25, 0.3) is 0 Å². The predicted octanol–water partition coefficient (Wildman–Crippen LogP) is 1.89. The Morgan fingerprint density at radius 2 is 1.74 bits per heavy atom. The van der Waals surface area contributed by atoms with Crippen LogP contribution in [0.2, 0.25) is 0 Å². The van der Waals surface area contributed by atoms with Crippen molar-refractivity contribution in [3.63, 3.8) is 0 Å². The molecule has 6 N–H and O–H groups in total. The minimum Gasteiger partial charge on any atom is -0.507 e. The number of esters is 2. The summed E-state index contributed by atoms with van der Waals surface area (Å²) in [6.45, 7) is 3.32. The number of phenolic OH excluding ortho intramolecular Hbond substituents is 2. The van der Waals surface area contributed by atoms with Crippen LogP contribution < -0.4 is 14.9 Å². The van der Waals surface area contributed by atoms with Crippen molar-refractivity contribution in [3.8, 4) is 34.3 Å². The van der Waals surface area contributed by atoms with E-state index in [1.54, 1.807) is 24.3 Å². The fourth-order valence-electron chi connectivity index (χ4n) is 5.93. The molecule has 1 aliphatic carbocycles. The second-order valence-electron chi connectivity index (χ2n) is 13.1. The molecule has 2 aromatic heterocycles. The highest BCUT2D eigenvalue weighted by atomic mass is 16.5. The number of allylic oxidation sites excluding steroid dienone is 2. The second kappa shape index (κ2) is 17.7. The molecule has 0 aliphatic heterocycles. The predicted molar refractivity (Wildman–Crippen MR) is 189 cm³/mol. The molecule has 2 heterocycles. The van der Waals surface area contributed by atoms with Crippen molar-refractivity contribution in [1.82, 2.24) is 15.0 Å². The molecule has 0 spiro atoms. The Kier molecular flexibility index (Phi) is 13.0. The van der Waals surface area contributed by atoms with E-state index in [-0.39, 0.29) is 72.9 Å². The van der Waals surface area contributed by atoms with E-state index < -0.39 is 72.0 Å². The number of nitrogens with zero attached hydrogens (tertiary/aromatic N) is 3. The van der Waals surface area contributed by atoms with Crippen molar-refractivity contribution in [3.05, 3.63) is 69.7 Å². The SMILES string of the molecule is COc1ccc(-c2oc3c(CC=C(C)C)c(O)cc(O)c3c(=O)c2OC(=O)CCC(=O)OCc2cn(CCO[C@@H]3C[C@H](CO)[C@@H](O)[C@H](O)[C@H]3O)nn2)cc1. The maximum atomic E-state index is 13.8. The second-order valence-corrected chi connectivity index (χ2v) is 13.1. The number of carbonyl (C=O) groups excluding carboxylic acids is 2. The third-order valence-corrected chi connectivity index (χ3v) is 8.95. The highest BCUT2D eigenvalue weighted by Gasteiger charge is 2.42. The molecule has 0 saturated heterocycles. The molecule has 0 bridgehead atoms. The van der Waals surface area contributed by atoms with Crippen molar-refractivity contribution >= 4 is 22.9 Å². The number of methoxy groups -OCH3 is 1. The Morgan fingerprint density at radius 3 is 2.43 bits per heavy atom. The van der Waals surface area contributed by atoms with Gasteiger partial charge in [0.05, 0.1) is 51.5 Å². The lowest BCUT2D eigenvalue weighted by atomic mass is 9.81. The van der Waals surface area contributed by atoms with E-state index in [1.165, 1.54) is 18.0 Å². The lowest BCUT2D eigenvalue weighted by Crippen LogP contribution is -2.55. The summed E-state index contributed by atoms with van der Waals surface area (Å²) in [5.74, 6) is -3.42. The lowest BCUT2D eigenvalue weighted by Gasteiger charge is -2.39. The number of aromatic hydroxyl groups is 2. The molecule has 2 aromatic carbocycles. The van der Waals surface area contributed by atoms with Crippen LogP contribution in [-0.4, -0.2) is 102 Å². The topological polar surface area (TPSA) is 253 Å². The van der Waals surface area contributed by atoms with Gasteiger partial charge in [-0.3, -0.25) is 14.4 Å². The number of hydrogen-bond donors (Lipinski definition) is 6. The van der Waals surface area contributed by atoms with Crippen LogP contribution in [-0.2, 0) is 38.6 Å². The number of aliphatic hydroxyl groups excluding tert-OH is 4. The molecule has 17 nitrogen and oxygen atoms in total. The van der Waals surface area contributed by atoms with Crippen molar-refractivity contribution < 1.29 is 63.6 Å². The standard InChI is InChI=1S/C37H43N3O14/c1-19(2)4-9-24-25(42)15-26(43)30-33(48)37(35(54-36(24)30)20-5-7-23(50-3)8-6-20)53-29(45)11-10-28(44)52-18-22-16-40(39-38-22)12-13-51-27-14-21(17-41)31(46)34(49)32(27)47/h4-8,15-16,21,27,31-32,34,41-43,46-47,49H,9-14,17-18H2,1-3H3/t21-,27-,31-,32+,34+/m1/s1. The average Bonchev–Trinajstić information content (AvgIpc) is 3.61. The van der Waals surface area contributed by atoms with Gasteiger partial charge in [-0.1, -0.05) is 16.9 Å². The Bertz CT molecular complexity index is 2030. The first kappa shape index (κ1) is 39.9. The van der Waals surface area contributed by atoms with Crippen LogP contribution in [0.25, 0.3) is 22.3 Å². The third kappa shape index (κ3) is 9.23. The quantitative estimate of drug-likeness (QED) is 0.0749. The number of carbonyl (C=O) groups is 2.